The highest BCUT2D eigenvalue weighted by molar-refractivity contribution is 6.31. The van der Waals surface area contributed by atoms with Crippen molar-refractivity contribution < 1.29 is 0 Å². The molecule has 2 N–H and O–H groups in total. The fourth-order valence-corrected chi connectivity index (χ4v) is 2.58. The molecule has 3 rings (SSSR count). The molecular weight excluding hydrogens is 264 g/mol. The summed E-state index contributed by atoms with van der Waals surface area (Å²) in [5.74, 6) is 1.05. The number of aromatic nitrogens is 5. The minimum atomic E-state index is 0.507. The van der Waals surface area contributed by atoms with Crippen LogP contribution in [0.3, 0.4) is 0 Å². The first-order valence-corrected chi connectivity index (χ1v) is 6.90. The van der Waals surface area contributed by atoms with Crippen LogP contribution in [0.1, 0.15) is 42.8 Å². The third-order valence-electron chi connectivity index (χ3n) is 3.52. The first-order valence-electron chi connectivity index (χ1n) is 6.52. The van der Waals surface area contributed by atoms with Crippen LogP contribution < -0.4 is 5.73 Å². The van der Waals surface area contributed by atoms with Crippen molar-refractivity contribution in [3.05, 3.63) is 22.1 Å². The molecule has 102 valence electrons. The van der Waals surface area contributed by atoms with Gasteiger partial charge in [-0.25, -0.2) is 4.68 Å². The Labute approximate surface area is 116 Å². The normalized spacial score (nSPS) is 15.1. The van der Waals surface area contributed by atoms with E-state index >= 15 is 0 Å². The van der Waals surface area contributed by atoms with Gasteiger partial charge in [0.05, 0.1) is 28.6 Å². The molecule has 2 aromatic rings. The Hall–Kier alpha value is -1.56. The highest BCUT2D eigenvalue weighted by atomic mass is 35.5. The highest BCUT2D eigenvalue weighted by Gasteiger charge is 2.31. The number of hydrogen-bond acceptors (Lipinski definition) is 4. The summed E-state index contributed by atoms with van der Waals surface area (Å²) < 4.78 is 3.77. The number of halogens is 1. The molecule has 7 heteroatoms. The van der Waals surface area contributed by atoms with Crippen LogP contribution in [0.2, 0.25) is 5.02 Å². The van der Waals surface area contributed by atoms with Crippen molar-refractivity contribution in [1.29, 1.82) is 0 Å². The molecule has 2 aromatic heterocycles. The molecule has 0 saturated heterocycles. The van der Waals surface area contributed by atoms with Gasteiger partial charge in [-0.3, -0.25) is 4.68 Å². The summed E-state index contributed by atoms with van der Waals surface area (Å²) in [5, 5.41) is 13.2. The molecule has 19 heavy (non-hydrogen) atoms. The van der Waals surface area contributed by atoms with Gasteiger partial charge in [0, 0.05) is 12.5 Å². The van der Waals surface area contributed by atoms with Gasteiger partial charge >= 0.3 is 0 Å². The lowest BCUT2D eigenvalue weighted by Gasteiger charge is -2.08. The maximum atomic E-state index is 6.32. The van der Waals surface area contributed by atoms with Crippen molar-refractivity contribution in [2.75, 3.05) is 5.73 Å². The van der Waals surface area contributed by atoms with E-state index in [1.807, 2.05) is 23.2 Å². The van der Waals surface area contributed by atoms with Crippen LogP contribution in [0.25, 0.3) is 0 Å². The van der Waals surface area contributed by atoms with Gasteiger partial charge in [-0.15, -0.1) is 5.10 Å². The van der Waals surface area contributed by atoms with E-state index in [0.29, 0.717) is 23.3 Å². The topological polar surface area (TPSA) is 74.5 Å². The Morgan fingerprint density at radius 3 is 2.74 bits per heavy atom. The second-order valence-corrected chi connectivity index (χ2v) is 5.33. The van der Waals surface area contributed by atoms with Gasteiger partial charge in [0.15, 0.2) is 5.82 Å². The van der Waals surface area contributed by atoms with Gasteiger partial charge in [-0.1, -0.05) is 16.8 Å². The molecule has 0 aromatic carbocycles. The molecule has 0 atom stereocenters. The number of nitrogen functional groups attached to an aromatic ring is 1. The summed E-state index contributed by atoms with van der Waals surface area (Å²) in [6.45, 7) is 5.31. The molecule has 0 radical (unpaired) electrons. The van der Waals surface area contributed by atoms with Crippen LogP contribution in [0.5, 0.6) is 0 Å². The van der Waals surface area contributed by atoms with Crippen molar-refractivity contribution in [3.8, 4) is 0 Å². The lowest BCUT2D eigenvalue weighted by Crippen LogP contribution is -2.12. The van der Waals surface area contributed by atoms with Crippen molar-refractivity contribution >= 4 is 17.4 Å². The molecule has 1 aliphatic carbocycles. The lowest BCUT2D eigenvalue weighted by molar-refractivity contribution is 0.552. The Bertz CT molecular complexity index is 610. The zero-order valence-corrected chi connectivity index (χ0v) is 11.9. The van der Waals surface area contributed by atoms with E-state index in [-0.39, 0.29) is 0 Å². The Balaban J connectivity index is 1.97. The maximum absolute atomic E-state index is 6.32. The summed E-state index contributed by atoms with van der Waals surface area (Å²) in [6.07, 6.45) is 2.33. The molecule has 0 aliphatic heterocycles. The van der Waals surface area contributed by atoms with Crippen molar-refractivity contribution in [2.24, 2.45) is 0 Å². The Kier molecular flexibility index (Phi) is 2.97. The zero-order chi connectivity index (χ0) is 13.6. The first kappa shape index (κ1) is 12.5. The maximum Gasteiger partial charge on any atom is 0.169 e. The summed E-state index contributed by atoms with van der Waals surface area (Å²) in [7, 11) is 0. The summed E-state index contributed by atoms with van der Waals surface area (Å²) in [5.41, 5.74) is 8.75. The summed E-state index contributed by atoms with van der Waals surface area (Å²) in [6, 6.07) is 0. The van der Waals surface area contributed by atoms with E-state index in [0.717, 1.165) is 36.5 Å². The van der Waals surface area contributed by atoms with Gasteiger partial charge in [-0.05, 0) is 26.7 Å². The molecule has 2 heterocycles. The lowest BCUT2D eigenvalue weighted by atomic mass is 10.3. The number of nitrogens with two attached hydrogens (primary N) is 1. The molecule has 0 unspecified atom stereocenters. The Morgan fingerprint density at radius 2 is 2.11 bits per heavy atom. The van der Waals surface area contributed by atoms with Crippen molar-refractivity contribution in [2.45, 2.75) is 45.7 Å². The number of nitrogens with zero attached hydrogens (tertiary/aromatic N) is 5. The highest BCUT2D eigenvalue weighted by Crippen LogP contribution is 2.42. The number of rotatable bonds is 4. The predicted molar refractivity (Wildman–Crippen MR) is 73.2 cm³/mol. The molecule has 0 bridgehead atoms. The molecule has 0 spiro atoms. The molecule has 1 fully saturated rings. The standard InChI is InChI=1S/C12H17ClN6/c1-3-18-9(10(13)7(2)16-18)6-19-11(8-4-5-8)12(14)15-17-19/h8H,3-6,14H2,1-2H3. The third kappa shape index (κ3) is 2.10. The van der Waals surface area contributed by atoms with Crippen LogP contribution in [0.4, 0.5) is 5.82 Å². The fourth-order valence-electron chi connectivity index (χ4n) is 2.39. The second-order valence-electron chi connectivity index (χ2n) is 4.95. The first-order chi connectivity index (χ1) is 9.11. The molecular formula is C12H17ClN6. The predicted octanol–water partition coefficient (Wildman–Crippen LogP) is 1.96. The zero-order valence-electron chi connectivity index (χ0n) is 11.1. The fraction of sp³-hybridized carbons (Fsp3) is 0.583. The van der Waals surface area contributed by atoms with Crippen LogP contribution in [0, 0.1) is 6.92 Å². The van der Waals surface area contributed by atoms with Gasteiger partial charge in [0.25, 0.3) is 0 Å². The van der Waals surface area contributed by atoms with E-state index in [1.54, 1.807) is 0 Å². The van der Waals surface area contributed by atoms with E-state index in [2.05, 4.69) is 15.4 Å². The van der Waals surface area contributed by atoms with E-state index in [1.165, 1.54) is 0 Å². The number of anilines is 1. The van der Waals surface area contributed by atoms with Gasteiger partial charge in [0.1, 0.15) is 0 Å². The molecule has 0 amide bonds. The van der Waals surface area contributed by atoms with Crippen molar-refractivity contribution in [1.82, 2.24) is 24.8 Å². The van der Waals surface area contributed by atoms with Crippen LogP contribution in [0.15, 0.2) is 0 Å². The monoisotopic (exact) mass is 280 g/mol. The average Bonchev–Trinajstić information content (AvgIpc) is 3.11. The average molecular weight is 281 g/mol. The molecule has 1 saturated carbocycles. The number of hydrogen-bond donors (Lipinski definition) is 1. The Morgan fingerprint density at radius 1 is 1.37 bits per heavy atom. The minimum absolute atomic E-state index is 0.507. The summed E-state index contributed by atoms with van der Waals surface area (Å²) in [4.78, 5) is 0. The van der Waals surface area contributed by atoms with Crippen LogP contribution in [-0.4, -0.2) is 24.8 Å². The quantitative estimate of drug-likeness (QED) is 0.929. The van der Waals surface area contributed by atoms with Crippen LogP contribution >= 0.6 is 11.6 Å². The third-order valence-corrected chi connectivity index (χ3v) is 4.01. The SMILES string of the molecule is CCn1nc(C)c(Cl)c1Cn1nnc(N)c1C1CC1. The van der Waals surface area contributed by atoms with Gasteiger partial charge < -0.3 is 5.73 Å². The smallest absolute Gasteiger partial charge is 0.169 e. The number of aryl methyl sites for hydroxylation is 2. The van der Waals surface area contributed by atoms with E-state index in [9.17, 15) is 0 Å². The van der Waals surface area contributed by atoms with Gasteiger partial charge in [0.2, 0.25) is 0 Å². The van der Waals surface area contributed by atoms with Crippen molar-refractivity contribution in [3.63, 3.8) is 0 Å². The van der Waals surface area contributed by atoms with Crippen LogP contribution in [-0.2, 0) is 13.1 Å². The van der Waals surface area contributed by atoms with E-state index in [4.69, 9.17) is 17.3 Å². The molecule has 1 aliphatic rings. The summed E-state index contributed by atoms with van der Waals surface area (Å²) >= 11 is 6.32. The van der Waals surface area contributed by atoms with Gasteiger partial charge in [-0.2, -0.15) is 5.10 Å². The van der Waals surface area contributed by atoms with E-state index < -0.39 is 0 Å². The second kappa shape index (κ2) is 4.52. The minimum Gasteiger partial charge on any atom is -0.381 e. The largest absolute Gasteiger partial charge is 0.381 e. The molecule has 6 nitrogen and oxygen atoms in total.